The third-order valence-electron chi connectivity index (χ3n) is 2.48. The number of aliphatic hydroxyl groups is 2. The molecule has 1 aliphatic rings. The van der Waals surface area contributed by atoms with E-state index in [4.69, 9.17) is 10.2 Å². The van der Waals surface area contributed by atoms with Gasteiger partial charge in [0.25, 0.3) is 0 Å². The van der Waals surface area contributed by atoms with Crippen LogP contribution in [0.4, 0.5) is 0 Å². The number of nitrogens with one attached hydrogen (secondary N) is 1. The summed E-state index contributed by atoms with van der Waals surface area (Å²) in [5.41, 5.74) is -0.449. The Labute approximate surface area is 84.1 Å². The fraction of sp³-hybridized carbons (Fsp3) is 1.00. The molecule has 6 heteroatoms. The highest BCUT2D eigenvalue weighted by Crippen LogP contribution is 2.22. The molecule has 5 nitrogen and oxygen atoms in total. The molecule has 0 aliphatic carbocycles. The van der Waals surface area contributed by atoms with Gasteiger partial charge >= 0.3 is 0 Å². The Balaban J connectivity index is 2.45. The summed E-state index contributed by atoms with van der Waals surface area (Å²) in [5.74, 6) is 0.309. The summed E-state index contributed by atoms with van der Waals surface area (Å²) in [6.45, 7) is 1.74. The molecule has 0 aromatic heterocycles. The first-order valence-corrected chi connectivity index (χ1v) is 6.43. The zero-order valence-electron chi connectivity index (χ0n) is 8.23. The molecule has 0 amide bonds. The van der Waals surface area contributed by atoms with Crippen LogP contribution in [0.1, 0.15) is 13.3 Å². The van der Waals surface area contributed by atoms with Gasteiger partial charge in [-0.3, -0.25) is 0 Å². The Morgan fingerprint density at radius 3 is 2.64 bits per heavy atom. The lowest BCUT2D eigenvalue weighted by Crippen LogP contribution is -2.47. The molecule has 1 aliphatic heterocycles. The average Bonchev–Trinajstić information content (AvgIpc) is 2.37. The summed E-state index contributed by atoms with van der Waals surface area (Å²) in [4.78, 5) is 0. The molecule has 1 saturated heterocycles. The van der Waals surface area contributed by atoms with Gasteiger partial charge in [0.1, 0.15) is 0 Å². The van der Waals surface area contributed by atoms with Crippen molar-refractivity contribution in [2.75, 3.05) is 24.7 Å². The highest BCUT2D eigenvalue weighted by Gasteiger charge is 2.37. The van der Waals surface area contributed by atoms with Crippen molar-refractivity contribution in [3.8, 4) is 0 Å². The van der Waals surface area contributed by atoms with Gasteiger partial charge in [-0.2, -0.15) is 0 Å². The van der Waals surface area contributed by atoms with E-state index in [0.717, 1.165) is 0 Å². The Morgan fingerprint density at radius 1 is 1.57 bits per heavy atom. The van der Waals surface area contributed by atoms with Gasteiger partial charge in [-0.15, -0.1) is 0 Å². The van der Waals surface area contributed by atoms with E-state index in [1.807, 2.05) is 6.92 Å². The van der Waals surface area contributed by atoms with Gasteiger partial charge in [-0.05, 0) is 13.3 Å². The van der Waals surface area contributed by atoms with Crippen LogP contribution >= 0.6 is 0 Å². The highest BCUT2D eigenvalue weighted by atomic mass is 32.2. The van der Waals surface area contributed by atoms with E-state index in [1.54, 1.807) is 0 Å². The maximum Gasteiger partial charge on any atom is 0.152 e. The lowest BCUT2D eigenvalue weighted by molar-refractivity contribution is 0.0882. The minimum atomic E-state index is -2.92. The van der Waals surface area contributed by atoms with Gasteiger partial charge in [-0.25, -0.2) is 8.42 Å². The maximum atomic E-state index is 11.2. The van der Waals surface area contributed by atoms with Crippen LogP contribution in [0.3, 0.4) is 0 Å². The van der Waals surface area contributed by atoms with E-state index in [2.05, 4.69) is 5.32 Å². The minimum Gasteiger partial charge on any atom is -0.394 e. The average molecular weight is 223 g/mol. The molecule has 2 atom stereocenters. The van der Waals surface area contributed by atoms with Crippen LogP contribution in [0.5, 0.6) is 0 Å². The van der Waals surface area contributed by atoms with Crippen LogP contribution in [-0.4, -0.2) is 54.9 Å². The molecule has 0 radical (unpaired) electrons. The standard InChI is InChI=1S/C8H17NO4S/c1-8(9-4-7(11)5-10)2-3-14(12,13)6-8/h7,9-11H,2-6H2,1H3/t7-,8?/m0/s1. The van der Waals surface area contributed by atoms with Crippen molar-refractivity contribution in [2.24, 2.45) is 0 Å². The second-order valence-electron chi connectivity index (χ2n) is 4.12. The molecular formula is C8H17NO4S. The Morgan fingerprint density at radius 2 is 2.21 bits per heavy atom. The van der Waals surface area contributed by atoms with Crippen molar-refractivity contribution >= 4 is 9.84 Å². The van der Waals surface area contributed by atoms with E-state index in [0.29, 0.717) is 6.42 Å². The van der Waals surface area contributed by atoms with Crippen molar-refractivity contribution in [1.29, 1.82) is 0 Å². The zero-order chi connectivity index (χ0) is 10.8. The normalized spacial score (nSPS) is 33.1. The number of hydrogen-bond acceptors (Lipinski definition) is 5. The number of aliphatic hydroxyl groups excluding tert-OH is 2. The molecule has 0 bridgehead atoms. The highest BCUT2D eigenvalue weighted by molar-refractivity contribution is 7.91. The Bertz CT molecular complexity index is 290. The molecule has 0 aromatic carbocycles. The molecule has 0 saturated carbocycles. The summed E-state index contributed by atoms with van der Waals surface area (Å²) in [5, 5.41) is 20.7. The number of rotatable bonds is 4. The van der Waals surface area contributed by atoms with Gasteiger partial charge < -0.3 is 15.5 Å². The van der Waals surface area contributed by atoms with Crippen LogP contribution in [0.15, 0.2) is 0 Å². The summed E-state index contributed by atoms with van der Waals surface area (Å²) >= 11 is 0. The quantitative estimate of drug-likeness (QED) is 0.540. The summed E-state index contributed by atoms with van der Waals surface area (Å²) in [6, 6.07) is 0. The van der Waals surface area contributed by atoms with E-state index >= 15 is 0 Å². The van der Waals surface area contributed by atoms with Crippen LogP contribution in [0, 0.1) is 0 Å². The third kappa shape index (κ3) is 3.20. The molecule has 14 heavy (non-hydrogen) atoms. The minimum absolute atomic E-state index is 0.109. The smallest absolute Gasteiger partial charge is 0.152 e. The summed E-state index contributed by atoms with van der Waals surface area (Å²) in [6.07, 6.45) is -0.261. The van der Waals surface area contributed by atoms with Crippen LogP contribution in [-0.2, 0) is 9.84 Å². The number of hydrogen-bond donors (Lipinski definition) is 3. The van der Waals surface area contributed by atoms with Crippen molar-refractivity contribution < 1.29 is 18.6 Å². The summed E-state index contributed by atoms with van der Waals surface area (Å²) in [7, 11) is -2.92. The lowest BCUT2D eigenvalue weighted by Gasteiger charge is -2.25. The fourth-order valence-corrected chi connectivity index (χ4v) is 3.70. The van der Waals surface area contributed by atoms with Gasteiger partial charge in [0.15, 0.2) is 9.84 Å². The first-order chi connectivity index (χ1) is 6.37. The van der Waals surface area contributed by atoms with Crippen molar-refractivity contribution in [1.82, 2.24) is 5.32 Å². The second-order valence-corrected chi connectivity index (χ2v) is 6.30. The van der Waals surface area contributed by atoms with Crippen LogP contribution < -0.4 is 5.32 Å². The first kappa shape index (κ1) is 11.9. The SMILES string of the molecule is CC1(NC[C@H](O)CO)CCS(=O)(=O)C1. The van der Waals surface area contributed by atoms with Gasteiger partial charge in [-0.1, -0.05) is 0 Å². The van der Waals surface area contributed by atoms with Crippen molar-refractivity contribution in [3.63, 3.8) is 0 Å². The zero-order valence-corrected chi connectivity index (χ0v) is 9.05. The molecular weight excluding hydrogens is 206 g/mol. The lowest BCUT2D eigenvalue weighted by atomic mass is 10.0. The van der Waals surface area contributed by atoms with Crippen molar-refractivity contribution in [2.45, 2.75) is 25.0 Å². The van der Waals surface area contributed by atoms with E-state index < -0.39 is 21.5 Å². The predicted molar refractivity (Wildman–Crippen MR) is 52.8 cm³/mol. The van der Waals surface area contributed by atoms with Gasteiger partial charge in [0, 0.05) is 12.1 Å². The molecule has 0 aromatic rings. The monoisotopic (exact) mass is 223 g/mol. The molecule has 84 valence electrons. The number of β-amino-alcohol motifs (C(OH)–C–C–N with tert-alkyl or cyclic N) is 1. The van der Waals surface area contributed by atoms with Crippen LogP contribution in [0.25, 0.3) is 0 Å². The fourth-order valence-electron chi connectivity index (χ4n) is 1.58. The summed E-state index contributed by atoms with van der Waals surface area (Å²) < 4.78 is 22.4. The largest absolute Gasteiger partial charge is 0.394 e. The van der Waals surface area contributed by atoms with Gasteiger partial charge in [0.05, 0.1) is 24.2 Å². The topological polar surface area (TPSA) is 86.6 Å². The molecule has 0 spiro atoms. The Hall–Kier alpha value is -0.170. The van der Waals surface area contributed by atoms with E-state index in [-0.39, 0.29) is 24.7 Å². The third-order valence-corrected chi connectivity index (χ3v) is 4.38. The van der Waals surface area contributed by atoms with Gasteiger partial charge in [0.2, 0.25) is 0 Å². The molecule has 1 fully saturated rings. The van der Waals surface area contributed by atoms with Crippen molar-refractivity contribution in [3.05, 3.63) is 0 Å². The Kier molecular flexibility index (Phi) is 3.52. The van der Waals surface area contributed by atoms with Crippen LogP contribution in [0.2, 0.25) is 0 Å². The number of sulfone groups is 1. The van der Waals surface area contributed by atoms with E-state index in [9.17, 15) is 8.42 Å². The van der Waals surface area contributed by atoms with E-state index in [1.165, 1.54) is 0 Å². The first-order valence-electron chi connectivity index (χ1n) is 4.61. The molecule has 1 unspecified atom stereocenters. The maximum absolute atomic E-state index is 11.2. The molecule has 1 heterocycles. The molecule has 1 rings (SSSR count). The second kappa shape index (κ2) is 4.14. The molecule has 3 N–H and O–H groups in total. The predicted octanol–water partition coefficient (Wildman–Crippen LogP) is -1.49.